The largest absolute Gasteiger partial charge is 3.00 e. The average molecular weight is 514 g/mol. The second-order valence-corrected chi connectivity index (χ2v) is 7.74. The van der Waals surface area contributed by atoms with Crippen molar-refractivity contribution in [3.05, 3.63) is 70.4 Å². The molecule has 0 amide bonds. The molecule has 0 nitrogen and oxygen atoms in total. The Labute approximate surface area is 212 Å². The van der Waals surface area contributed by atoms with Crippen molar-refractivity contribution in [3.63, 3.8) is 0 Å². The van der Waals surface area contributed by atoms with Crippen molar-refractivity contribution in [1.82, 2.24) is 0 Å². The Balaban J connectivity index is -0.000000335. The van der Waals surface area contributed by atoms with Gasteiger partial charge in [-0.1, -0.05) is 72.6 Å². The Morgan fingerprint density at radius 3 is 1.41 bits per heavy atom. The molecule has 0 aromatic heterocycles. The molecule has 0 fully saturated rings. The van der Waals surface area contributed by atoms with Gasteiger partial charge < -0.3 is 0 Å². The number of halogens is 2. The van der Waals surface area contributed by atoms with Crippen LogP contribution in [0.5, 0.6) is 0 Å². The molecular weight excluding hydrogens is 474 g/mol. The monoisotopic (exact) mass is 511 g/mol. The van der Waals surface area contributed by atoms with Gasteiger partial charge in [0.1, 0.15) is 0 Å². The average Bonchev–Trinajstić information content (AvgIpc) is 3.31. The number of hydrogen-bond acceptors (Lipinski definition) is 0. The van der Waals surface area contributed by atoms with Crippen LogP contribution in [0.1, 0.15) is 87.0 Å². The van der Waals surface area contributed by atoms with Crippen LogP contribution in [0, 0.1) is 23.6 Å². The summed E-state index contributed by atoms with van der Waals surface area (Å²) in [5, 5.41) is 0. The minimum Gasteiger partial charge on any atom is -0.269 e. The summed E-state index contributed by atoms with van der Waals surface area (Å²) in [5.74, 6) is 0. The van der Waals surface area contributed by atoms with E-state index in [1.54, 1.807) is 0 Å². The molecule has 3 aliphatic rings. The maximum absolute atomic E-state index is 3.44. The summed E-state index contributed by atoms with van der Waals surface area (Å²) in [7, 11) is 0. The van der Waals surface area contributed by atoms with E-state index in [1.807, 2.05) is 0 Å². The maximum atomic E-state index is 3.44. The van der Waals surface area contributed by atoms with E-state index in [0.29, 0.717) is 0 Å². The molecule has 29 heavy (non-hydrogen) atoms. The Morgan fingerprint density at radius 2 is 1.24 bits per heavy atom. The van der Waals surface area contributed by atoms with E-state index in [-0.39, 0.29) is 56.4 Å². The molecule has 0 heterocycles. The van der Waals surface area contributed by atoms with Crippen LogP contribution >= 0.6 is 24.8 Å². The zero-order valence-electron chi connectivity index (χ0n) is 19.4. The van der Waals surface area contributed by atoms with Gasteiger partial charge in [0.25, 0.3) is 0 Å². The molecular formula is C26H39Cl2Zr. The quantitative estimate of drug-likeness (QED) is 0.329. The van der Waals surface area contributed by atoms with Crippen molar-refractivity contribution in [2.45, 2.75) is 87.0 Å². The third-order valence-electron chi connectivity index (χ3n) is 5.13. The molecule has 161 valence electrons. The zero-order chi connectivity index (χ0) is 19.6. The van der Waals surface area contributed by atoms with E-state index in [9.17, 15) is 0 Å². The zero-order valence-corrected chi connectivity index (χ0v) is 23.5. The minimum absolute atomic E-state index is 0. The Bertz CT molecular complexity index is 612. The summed E-state index contributed by atoms with van der Waals surface area (Å²) >= 11 is 0. The van der Waals surface area contributed by atoms with Crippen molar-refractivity contribution < 1.29 is 26.2 Å². The van der Waals surface area contributed by atoms with Gasteiger partial charge in [-0.15, -0.1) is 44.6 Å². The summed E-state index contributed by atoms with van der Waals surface area (Å²) in [6.45, 7) is 15.3. The maximum Gasteiger partial charge on any atom is 3.00 e. The van der Waals surface area contributed by atoms with Crippen molar-refractivity contribution in [3.8, 4) is 0 Å². The van der Waals surface area contributed by atoms with Crippen LogP contribution in [0.2, 0.25) is 0 Å². The van der Waals surface area contributed by atoms with Crippen LogP contribution in [0.3, 0.4) is 0 Å². The minimum atomic E-state index is 0. The SMILES string of the molecule is CC1=[C-]C(C)(C)C(C)=C1C.CCCC1=[C-]CC=C1.CCCC1=[C-]CC=C1.Cl.Cl.[Zr+3]. The van der Waals surface area contributed by atoms with Crippen LogP contribution in [-0.4, -0.2) is 0 Å². The van der Waals surface area contributed by atoms with Crippen molar-refractivity contribution in [1.29, 1.82) is 0 Å². The molecule has 1 radical (unpaired) electrons. The van der Waals surface area contributed by atoms with Crippen molar-refractivity contribution in [2.75, 3.05) is 0 Å². The van der Waals surface area contributed by atoms with E-state index >= 15 is 0 Å². The van der Waals surface area contributed by atoms with E-state index < -0.39 is 0 Å². The molecule has 3 heteroatoms. The third kappa shape index (κ3) is 12.4. The van der Waals surface area contributed by atoms with Crippen LogP contribution in [0.4, 0.5) is 0 Å². The molecule has 0 aromatic carbocycles. The normalized spacial score (nSPS) is 17.4. The van der Waals surface area contributed by atoms with E-state index in [2.05, 4.69) is 91.0 Å². The second kappa shape index (κ2) is 17.6. The molecule has 3 rings (SSSR count). The van der Waals surface area contributed by atoms with E-state index in [4.69, 9.17) is 0 Å². The molecule has 3 aliphatic carbocycles. The van der Waals surface area contributed by atoms with Crippen LogP contribution in [-0.2, 0) is 26.2 Å². The Morgan fingerprint density at radius 1 is 0.828 bits per heavy atom. The molecule has 0 bridgehead atoms. The topological polar surface area (TPSA) is 0 Å². The third-order valence-corrected chi connectivity index (χ3v) is 5.13. The van der Waals surface area contributed by atoms with Gasteiger partial charge in [-0.3, -0.25) is 18.2 Å². The molecule has 0 atom stereocenters. The standard InChI is InChI=1S/C10H15.2C8H11.2ClH.Zr/c1-7-6-10(4,5)9(3)8(7)2;2*1-2-5-8-6-3-4-7-8;;;/h1-5H3;2*3,6H,2,4-5H2,1H3;2*1H;/q3*-1;;;+3. The molecule has 0 saturated heterocycles. The number of hydrogen-bond donors (Lipinski definition) is 0. The van der Waals surface area contributed by atoms with Crippen LogP contribution in [0.25, 0.3) is 0 Å². The van der Waals surface area contributed by atoms with E-state index in [1.165, 1.54) is 53.5 Å². The van der Waals surface area contributed by atoms with Gasteiger partial charge in [0.05, 0.1) is 0 Å². The first-order valence-corrected chi connectivity index (χ1v) is 10.1. The first-order chi connectivity index (χ1) is 12.3. The molecule has 0 saturated carbocycles. The predicted octanol–water partition coefficient (Wildman–Crippen LogP) is 8.91. The molecule has 0 spiro atoms. The summed E-state index contributed by atoms with van der Waals surface area (Å²) in [6, 6.07) is 0. The van der Waals surface area contributed by atoms with Gasteiger partial charge >= 0.3 is 26.2 Å². The fraction of sp³-hybridized carbons (Fsp3) is 0.538. The summed E-state index contributed by atoms with van der Waals surface area (Å²) in [4.78, 5) is 0. The van der Waals surface area contributed by atoms with Gasteiger partial charge in [0.15, 0.2) is 0 Å². The summed E-state index contributed by atoms with van der Waals surface area (Å²) in [5.41, 5.74) is 7.19. The number of rotatable bonds is 4. The molecule has 0 N–H and O–H groups in total. The Kier molecular flexibility index (Phi) is 20.3. The van der Waals surface area contributed by atoms with Gasteiger partial charge in [0, 0.05) is 0 Å². The van der Waals surface area contributed by atoms with Gasteiger partial charge in [-0.25, -0.2) is 28.9 Å². The van der Waals surface area contributed by atoms with Gasteiger partial charge in [-0.2, -0.15) is 23.3 Å². The number of allylic oxidation sites excluding steroid dienone is 12. The Hall–Kier alpha value is -0.0969. The predicted molar refractivity (Wildman–Crippen MR) is 130 cm³/mol. The van der Waals surface area contributed by atoms with Crippen LogP contribution < -0.4 is 0 Å². The van der Waals surface area contributed by atoms with Gasteiger partial charge in [0.2, 0.25) is 0 Å². The fourth-order valence-electron chi connectivity index (χ4n) is 3.19. The van der Waals surface area contributed by atoms with Crippen molar-refractivity contribution in [2.24, 2.45) is 5.41 Å². The first-order valence-electron chi connectivity index (χ1n) is 10.1. The first kappa shape index (κ1) is 33.5. The summed E-state index contributed by atoms with van der Waals surface area (Å²) in [6.07, 6.45) is 25.6. The second-order valence-electron chi connectivity index (χ2n) is 7.74. The van der Waals surface area contributed by atoms with Crippen molar-refractivity contribution >= 4 is 24.8 Å². The van der Waals surface area contributed by atoms with Gasteiger partial charge in [-0.05, 0) is 0 Å². The molecule has 0 aromatic rings. The molecule has 0 unspecified atom stereocenters. The fourth-order valence-corrected chi connectivity index (χ4v) is 3.19. The van der Waals surface area contributed by atoms with E-state index in [0.717, 1.165) is 12.8 Å². The van der Waals surface area contributed by atoms with Crippen LogP contribution in [0.15, 0.2) is 52.2 Å². The molecule has 0 aliphatic heterocycles. The summed E-state index contributed by atoms with van der Waals surface area (Å²) < 4.78 is 0. The smallest absolute Gasteiger partial charge is 0.269 e.